The van der Waals surface area contributed by atoms with Crippen molar-refractivity contribution < 1.29 is 13.5 Å². The van der Waals surface area contributed by atoms with Crippen molar-refractivity contribution in [2.24, 2.45) is 0 Å². The third kappa shape index (κ3) is 3.45. The first-order chi connectivity index (χ1) is 13.5. The van der Waals surface area contributed by atoms with Gasteiger partial charge in [-0.15, -0.1) is 0 Å². The number of nitrogens with two attached hydrogens (primary N) is 1. The number of pyridine rings is 1. The number of hydrogen-bond acceptors (Lipinski definition) is 5. The van der Waals surface area contributed by atoms with Gasteiger partial charge in [0.2, 0.25) is 5.75 Å². The van der Waals surface area contributed by atoms with E-state index in [0.29, 0.717) is 21.9 Å². The molecule has 28 heavy (non-hydrogen) atoms. The lowest BCUT2D eigenvalue weighted by atomic mass is 10.0. The van der Waals surface area contributed by atoms with E-state index in [1.165, 1.54) is 17.7 Å². The van der Waals surface area contributed by atoms with Gasteiger partial charge in [0.25, 0.3) is 0 Å². The molecule has 0 radical (unpaired) electrons. The van der Waals surface area contributed by atoms with Crippen LogP contribution in [-0.2, 0) is 0 Å². The average Bonchev–Trinajstić information content (AvgIpc) is 3.12. The lowest BCUT2D eigenvalue weighted by Gasteiger charge is -2.19. The standard InChI is InChI=1S/C20H17Cl2FN2O2S/c1-10(16-14(21)2-3-15(23)17(16)22)27-19-18-12(8-25-20(19)24)13(9-26-18)11-4-6-28-7-5-11/h2-4,8-10H,5-7H2,1H3,(H2,24,25)/t10-/m1/s1. The van der Waals surface area contributed by atoms with Crippen molar-refractivity contribution in [2.45, 2.75) is 19.4 Å². The molecule has 0 spiro atoms. The second-order valence-electron chi connectivity index (χ2n) is 6.44. The molecule has 2 aromatic heterocycles. The van der Waals surface area contributed by atoms with E-state index in [-0.39, 0.29) is 10.8 Å². The van der Waals surface area contributed by atoms with Gasteiger partial charge in [-0.25, -0.2) is 9.37 Å². The molecule has 0 amide bonds. The molecule has 2 N–H and O–H groups in total. The number of aromatic nitrogens is 1. The predicted molar refractivity (Wildman–Crippen MR) is 114 cm³/mol. The van der Waals surface area contributed by atoms with E-state index < -0.39 is 11.9 Å². The van der Waals surface area contributed by atoms with Crippen LogP contribution in [0.15, 0.2) is 35.1 Å². The third-order valence-corrected chi connectivity index (χ3v) is 6.30. The highest BCUT2D eigenvalue weighted by atomic mass is 35.5. The Bertz CT molecular complexity index is 1080. The van der Waals surface area contributed by atoms with E-state index in [1.807, 2.05) is 11.8 Å². The molecule has 4 rings (SSSR count). The van der Waals surface area contributed by atoms with Gasteiger partial charge in [0.15, 0.2) is 11.4 Å². The number of benzene rings is 1. The molecule has 3 heterocycles. The minimum atomic E-state index is -0.663. The summed E-state index contributed by atoms with van der Waals surface area (Å²) in [7, 11) is 0. The third-order valence-electron chi connectivity index (χ3n) is 4.69. The Morgan fingerprint density at radius 1 is 1.36 bits per heavy atom. The molecule has 0 unspecified atom stereocenters. The fourth-order valence-corrected chi connectivity index (χ4v) is 4.79. The molecule has 3 aromatic rings. The van der Waals surface area contributed by atoms with Crippen molar-refractivity contribution in [2.75, 3.05) is 17.2 Å². The lowest BCUT2D eigenvalue weighted by Crippen LogP contribution is -2.08. The second-order valence-corrected chi connectivity index (χ2v) is 8.37. The molecule has 8 heteroatoms. The molecule has 1 atom stereocenters. The molecule has 4 nitrogen and oxygen atoms in total. The number of ether oxygens (including phenoxy) is 1. The highest BCUT2D eigenvalue weighted by Gasteiger charge is 2.23. The normalized spacial score (nSPS) is 15.5. The van der Waals surface area contributed by atoms with Crippen LogP contribution in [0.3, 0.4) is 0 Å². The Hall–Kier alpha value is -1.89. The van der Waals surface area contributed by atoms with E-state index in [9.17, 15) is 4.39 Å². The zero-order valence-electron chi connectivity index (χ0n) is 15.0. The summed E-state index contributed by atoms with van der Waals surface area (Å²) in [6.07, 6.45) is 5.89. The van der Waals surface area contributed by atoms with Crippen LogP contribution in [0.4, 0.5) is 10.2 Å². The summed E-state index contributed by atoms with van der Waals surface area (Å²) in [5, 5.41) is 1.05. The quantitative estimate of drug-likeness (QED) is 0.469. The maximum Gasteiger partial charge on any atom is 0.205 e. The maximum atomic E-state index is 13.9. The maximum absolute atomic E-state index is 13.9. The number of rotatable bonds is 4. The minimum absolute atomic E-state index is 0.0799. The second kappa shape index (κ2) is 7.85. The van der Waals surface area contributed by atoms with E-state index >= 15 is 0 Å². The van der Waals surface area contributed by atoms with Crippen LogP contribution in [-0.4, -0.2) is 16.5 Å². The average molecular weight is 439 g/mol. The Morgan fingerprint density at radius 3 is 2.93 bits per heavy atom. The van der Waals surface area contributed by atoms with Gasteiger partial charge in [-0.05, 0) is 36.8 Å². The van der Waals surface area contributed by atoms with Gasteiger partial charge in [0.1, 0.15) is 11.9 Å². The summed E-state index contributed by atoms with van der Waals surface area (Å²) >= 11 is 14.2. The fraction of sp³-hybridized carbons (Fsp3) is 0.250. The Morgan fingerprint density at radius 2 is 2.18 bits per heavy atom. The summed E-state index contributed by atoms with van der Waals surface area (Å²) in [6, 6.07) is 2.66. The number of allylic oxidation sites excluding steroid dienone is 1. The number of nitrogens with zero attached hydrogens (tertiary/aromatic N) is 1. The minimum Gasteiger partial charge on any atom is -0.478 e. The highest BCUT2D eigenvalue weighted by Crippen LogP contribution is 2.41. The summed E-state index contributed by atoms with van der Waals surface area (Å²) in [5.74, 6) is 1.94. The smallest absolute Gasteiger partial charge is 0.205 e. The molecule has 1 aromatic carbocycles. The van der Waals surface area contributed by atoms with Crippen LogP contribution >= 0.6 is 35.0 Å². The van der Waals surface area contributed by atoms with Crippen LogP contribution in [0, 0.1) is 5.82 Å². The number of furan rings is 1. The first kappa shape index (κ1) is 19.4. The summed E-state index contributed by atoms with van der Waals surface area (Å²) in [5.41, 5.74) is 9.11. The van der Waals surface area contributed by atoms with E-state index in [2.05, 4.69) is 11.1 Å². The number of halogens is 3. The van der Waals surface area contributed by atoms with Gasteiger partial charge in [-0.2, -0.15) is 11.8 Å². The largest absolute Gasteiger partial charge is 0.478 e. The number of anilines is 1. The molecule has 146 valence electrons. The molecule has 0 aliphatic carbocycles. The SMILES string of the molecule is C[C@@H](Oc1c(N)ncc2c(C3=CCSCC3)coc12)c1c(Cl)ccc(F)c1Cl. The molecular weight excluding hydrogens is 422 g/mol. The molecule has 1 aliphatic rings. The summed E-state index contributed by atoms with van der Waals surface area (Å²) in [4.78, 5) is 4.26. The lowest BCUT2D eigenvalue weighted by molar-refractivity contribution is 0.227. The number of nitrogen functional groups attached to an aromatic ring is 1. The number of hydrogen-bond donors (Lipinski definition) is 1. The van der Waals surface area contributed by atoms with Crippen molar-refractivity contribution in [1.29, 1.82) is 0 Å². The van der Waals surface area contributed by atoms with Crippen LogP contribution in [0.1, 0.15) is 30.6 Å². The van der Waals surface area contributed by atoms with Crippen molar-refractivity contribution >= 4 is 57.3 Å². The fourth-order valence-electron chi connectivity index (χ4n) is 3.27. The van der Waals surface area contributed by atoms with E-state index in [0.717, 1.165) is 28.9 Å². The number of thioether (sulfide) groups is 1. The Kier molecular flexibility index (Phi) is 5.45. The van der Waals surface area contributed by atoms with Crippen molar-refractivity contribution in [3.05, 3.63) is 57.7 Å². The predicted octanol–water partition coefficient (Wildman–Crippen LogP) is 6.52. The van der Waals surface area contributed by atoms with E-state index in [4.69, 9.17) is 38.1 Å². The van der Waals surface area contributed by atoms with Crippen LogP contribution in [0.2, 0.25) is 10.0 Å². The molecule has 0 saturated heterocycles. The topological polar surface area (TPSA) is 61.3 Å². The zero-order valence-corrected chi connectivity index (χ0v) is 17.3. The summed E-state index contributed by atoms with van der Waals surface area (Å²) < 4.78 is 25.7. The number of fused-ring (bicyclic) bond motifs is 1. The van der Waals surface area contributed by atoms with Gasteiger partial charge in [-0.3, -0.25) is 0 Å². The summed E-state index contributed by atoms with van der Waals surface area (Å²) in [6.45, 7) is 1.72. The van der Waals surface area contributed by atoms with Gasteiger partial charge >= 0.3 is 0 Å². The van der Waals surface area contributed by atoms with Gasteiger partial charge < -0.3 is 14.9 Å². The monoisotopic (exact) mass is 438 g/mol. The van der Waals surface area contributed by atoms with Crippen LogP contribution in [0.25, 0.3) is 16.5 Å². The highest BCUT2D eigenvalue weighted by molar-refractivity contribution is 7.99. The Labute approximate surface area is 175 Å². The molecule has 0 bridgehead atoms. The van der Waals surface area contributed by atoms with Crippen LogP contribution < -0.4 is 10.5 Å². The van der Waals surface area contributed by atoms with Gasteiger partial charge in [0, 0.05) is 28.1 Å². The Balaban J connectivity index is 1.75. The molecular formula is C20H17Cl2FN2O2S. The van der Waals surface area contributed by atoms with Crippen LogP contribution in [0.5, 0.6) is 5.75 Å². The van der Waals surface area contributed by atoms with Crippen molar-refractivity contribution in [3.63, 3.8) is 0 Å². The van der Waals surface area contributed by atoms with Crippen molar-refractivity contribution in [1.82, 2.24) is 4.98 Å². The van der Waals surface area contributed by atoms with Gasteiger partial charge in [-0.1, -0.05) is 29.3 Å². The van der Waals surface area contributed by atoms with Gasteiger partial charge in [0.05, 0.1) is 16.7 Å². The zero-order chi connectivity index (χ0) is 19.8. The van der Waals surface area contributed by atoms with E-state index in [1.54, 1.807) is 19.4 Å². The molecule has 0 saturated carbocycles. The first-order valence-corrected chi connectivity index (χ1v) is 10.6. The molecule has 1 aliphatic heterocycles. The molecule has 0 fully saturated rings. The van der Waals surface area contributed by atoms with Crippen molar-refractivity contribution in [3.8, 4) is 5.75 Å². The first-order valence-electron chi connectivity index (χ1n) is 8.70.